The molecule has 5 nitrogen and oxygen atoms in total. The van der Waals surface area contributed by atoms with E-state index in [0.717, 1.165) is 11.6 Å². The zero-order valence-electron chi connectivity index (χ0n) is 18.0. The van der Waals surface area contributed by atoms with E-state index in [1.54, 1.807) is 47.4 Å². The normalized spacial score (nSPS) is 14.9. The van der Waals surface area contributed by atoms with Crippen LogP contribution in [0.4, 0.5) is 4.39 Å². The van der Waals surface area contributed by atoms with Gasteiger partial charge in [-0.2, -0.15) is 0 Å². The summed E-state index contributed by atoms with van der Waals surface area (Å²) >= 11 is 6.37. The predicted octanol–water partition coefficient (Wildman–Crippen LogP) is 5.90. The third kappa shape index (κ3) is 3.76. The molecule has 0 spiro atoms. The van der Waals surface area contributed by atoms with Crippen LogP contribution < -0.4 is 10.2 Å². The molecule has 0 saturated carbocycles. The quantitative estimate of drug-likeness (QED) is 0.326. The minimum absolute atomic E-state index is 0.0480. The number of hydrogen-bond donors (Lipinski definition) is 0. The zero-order valence-corrected chi connectivity index (χ0v) is 18.7. The van der Waals surface area contributed by atoms with Crippen molar-refractivity contribution in [3.8, 4) is 5.75 Å². The molecule has 0 unspecified atom stereocenters. The highest BCUT2D eigenvalue weighted by Crippen LogP contribution is 2.40. The van der Waals surface area contributed by atoms with Gasteiger partial charge < -0.3 is 14.1 Å². The maximum Gasteiger partial charge on any atom is 0.291 e. The molecular weight excluding hydrogens is 457 g/mol. The molecule has 5 rings (SSSR count). The van der Waals surface area contributed by atoms with E-state index in [-0.39, 0.29) is 28.8 Å². The Labute approximate surface area is 199 Å². The van der Waals surface area contributed by atoms with Gasteiger partial charge in [0.2, 0.25) is 5.76 Å². The maximum atomic E-state index is 13.9. The molecule has 2 heterocycles. The fraction of sp³-hybridized carbons (Fsp3) is 0.111. The predicted molar refractivity (Wildman–Crippen MR) is 128 cm³/mol. The van der Waals surface area contributed by atoms with Crippen LogP contribution >= 0.6 is 11.6 Å². The second-order valence-corrected chi connectivity index (χ2v) is 8.32. The van der Waals surface area contributed by atoms with Crippen molar-refractivity contribution in [1.29, 1.82) is 0 Å². The summed E-state index contributed by atoms with van der Waals surface area (Å²) in [7, 11) is 0. The van der Waals surface area contributed by atoms with E-state index >= 15 is 0 Å². The minimum atomic E-state index is -0.740. The first-order valence-electron chi connectivity index (χ1n) is 10.6. The Morgan fingerprint density at radius 1 is 1.09 bits per heavy atom. The number of ether oxygens (including phenoxy) is 1. The molecule has 1 atom stereocenters. The monoisotopic (exact) mass is 475 g/mol. The highest BCUT2D eigenvalue weighted by molar-refractivity contribution is 6.31. The summed E-state index contributed by atoms with van der Waals surface area (Å²) in [5.41, 5.74) is 1.31. The van der Waals surface area contributed by atoms with Crippen LogP contribution in [-0.2, 0) is 6.54 Å². The standard InChI is InChI=1S/C27H19ClFNO4/c1-2-13-33-19-10-7-16(8-11-19)24-23-25(31)20-14-18(29)9-12-22(20)34-26(23)27(32)30(24)15-17-5-3-4-6-21(17)28/h2-12,14,24H,1,13,15H2/t24-/m0/s1. The summed E-state index contributed by atoms with van der Waals surface area (Å²) in [6.07, 6.45) is 1.64. The smallest absolute Gasteiger partial charge is 0.291 e. The van der Waals surface area contributed by atoms with Gasteiger partial charge in [-0.3, -0.25) is 9.59 Å². The van der Waals surface area contributed by atoms with Crippen LogP contribution in [0, 0.1) is 5.82 Å². The summed E-state index contributed by atoms with van der Waals surface area (Å²) in [6, 6.07) is 17.2. The molecule has 0 bridgehead atoms. The van der Waals surface area contributed by atoms with Crippen molar-refractivity contribution in [2.75, 3.05) is 6.61 Å². The number of hydrogen-bond acceptors (Lipinski definition) is 4. The van der Waals surface area contributed by atoms with Gasteiger partial charge in [-0.15, -0.1) is 0 Å². The number of halogens is 2. The summed E-state index contributed by atoms with van der Waals surface area (Å²) in [6.45, 7) is 4.15. The summed E-state index contributed by atoms with van der Waals surface area (Å²) < 4.78 is 25.3. The van der Waals surface area contributed by atoms with Gasteiger partial charge in [-0.05, 0) is 47.5 Å². The molecule has 0 fully saturated rings. The molecule has 170 valence electrons. The number of carbonyl (C=O) groups is 1. The van der Waals surface area contributed by atoms with Crippen molar-refractivity contribution >= 4 is 28.5 Å². The average Bonchev–Trinajstić information content (AvgIpc) is 3.12. The molecule has 0 aliphatic carbocycles. The van der Waals surface area contributed by atoms with E-state index in [1.807, 2.05) is 12.1 Å². The lowest BCUT2D eigenvalue weighted by molar-refractivity contribution is 0.0714. The van der Waals surface area contributed by atoms with E-state index in [2.05, 4.69) is 6.58 Å². The first kappa shape index (κ1) is 21.9. The third-order valence-electron chi connectivity index (χ3n) is 5.79. The average molecular weight is 476 g/mol. The summed E-state index contributed by atoms with van der Waals surface area (Å²) in [5.74, 6) is -0.417. The van der Waals surface area contributed by atoms with E-state index in [1.165, 1.54) is 12.1 Å². The van der Waals surface area contributed by atoms with E-state index in [4.69, 9.17) is 20.8 Å². The number of carbonyl (C=O) groups excluding carboxylic acids is 1. The lowest BCUT2D eigenvalue weighted by Gasteiger charge is -2.25. The van der Waals surface area contributed by atoms with Gasteiger partial charge in [0, 0.05) is 11.6 Å². The maximum absolute atomic E-state index is 13.9. The number of benzene rings is 3. The summed E-state index contributed by atoms with van der Waals surface area (Å²) in [4.78, 5) is 28.6. The molecule has 0 radical (unpaired) electrons. The second kappa shape index (κ2) is 8.80. The van der Waals surface area contributed by atoms with Crippen molar-refractivity contribution in [3.63, 3.8) is 0 Å². The van der Waals surface area contributed by atoms with Crippen LogP contribution in [0.5, 0.6) is 5.75 Å². The fourth-order valence-corrected chi connectivity index (χ4v) is 4.41. The van der Waals surface area contributed by atoms with Gasteiger partial charge >= 0.3 is 0 Å². The number of amides is 1. The Bertz CT molecular complexity index is 1480. The Morgan fingerprint density at radius 3 is 2.59 bits per heavy atom. The molecule has 1 aromatic heterocycles. The van der Waals surface area contributed by atoms with Crippen LogP contribution in [0.2, 0.25) is 5.02 Å². The first-order chi connectivity index (χ1) is 16.5. The van der Waals surface area contributed by atoms with Gasteiger partial charge in [0.1, 0.15) is 23.8 Å². The zero-order chi connectivity index (χ0) is 23.8. The SMILES string of the molecule is C=CCOc1ccc([C@H]2c3c(oc4ccc(F)cc4c3=O)C(=O)N2Cc2ccccc2Cl)cc1. The first-order valence-corrected chi connectivity index (χ1v) is 11.0. The Balaban J connectivity index is 1.67. The number of fused-ring (bicyclic) bond motifs is 2. The highest BCUT2D eigenvalue weighted by atomic mass is 35.5. The molecule has 0 N–H and O–H groups in total. The minimum Gasteiger partial charge on any atom is -0.490 e. The van der Waals surface area contributed by atoms with E-state index in [0.29, 0.717) is 22.9 Å². The van der Waals surface area contributed by atoms with E-state index < -0.39 is 23.2 Å². The molecule has 34 heavy (non-hydrogen) atoms. The topological polar surface area (TPSA) is 59.8 Å². The molecule has 1 aliphatic rings. The van der Waals surface area contributed by atoms with Crippen molar-refractivity contribution in [2.45, 2.75) is 12.6 Å². The van der Waals surface area contributed by atoms with Crippen LogP contribution in [-0.4, -0.2) is 17.4 Å². The number of rotatable bonds is 6. The van der Waals surface area contributed by atoms with Gasteiger partial charge in [-0.25, -0.2) is 4.39 Å². The second-order valence-electron chi connectivity index (χ2n) is 7.91. The van der Waals surface area contributed by atoms with Crippen molar-refractivity contribution < 1.29 is 18.3 Å². The van der Waals surface area contributed by atoms with Crippen molar-refractivity contribution in [1.82, 2.24) is 4.90 Å². The van der Waals surface area contributed by atoms with Crippen LogP contribution in [0.1, 0.15) is 33.3 Å². The molecule has 4 aromatic rings. The lowest BCUT2D eigenvalue weighted by atomic mass is 9.98. The van der Waals surface area contributed by atoms with Gasteiger partial charge in [-0.1, -0.05) is 54.6 Å². The Kier molecular flexibility index (Phi) is 5.67. The molecule has 0 saturated heterocycles. The van der Waals surface area contributed by atoms with Gasteiger partial charge in [0.05, 0.1) is 17.0 Å². The largest absolute Gasteiger partial charge is 0.490 e. The molecule has 3 aromatic carbocycles. The summed E-state index contributed by atoms with van der Waals surface area (Å²) in [5, 5.41) is 0.590. The highest BCUT2D eigenvalue weighted by Gasteiger charge is 2.43. The molecular formula is C27H19ClFNO4. The van der Waals surface area contributed by atoms with Crippen LogP contribution in [0.3, 0.4) is 0 Å². The number of nitrogens with zero attached hydrogens (tertiary/aromatic N) is 1. The lowest BCUT2D eigenvalue weighted by Crippen LogP contribution is -2.29. The van der Waals surface area contributed by atoms with E-state index in [9.17, 15) is 14.0 Å². The molecule has 7 heteroatoms. The molecule has 1 amide bonds. The van der Waals surface area contributed by atoms with Crippen LogP contribution in [0.25, 0.3) is 11.0 Å². The van der Waals surface area contributed by atoms with Crippen LogP contribution in [0.15, 0.2) is 88.6 Å². The Hall–Kier alpha value is -3.90. The Morgan fingerprint density at radius 2 is 1.85 bits per heavy atom. The fourth-order valence-electron chi connectivity index (χ4n) is 4.21. The van der Waals surface area contributed by atoms with Crippen molar-refractivity contribution in [2.24, 2.45) is 0 Å². The van der Waals surface area contributed by atoms with Crippen molar-refractivity contribution in [3.05, 3.63) is 123 Å². The molecule has 1 aliphatic heterocycles. The van der Waals surface area contributed by atoms with Gasteiger partial charge in [0.25, 0.3) is 5.91 Å². The van der Waals surface area contributed by atoms with Gasteiger partial charge in [0.15, 0.2) is 5.43 Å². The third-order valence-corrected chi connectivity index (χ3v) is 6.16.